The summed E-state index contributed by atoms with van der Waals surface area (Å²) in [5.74, 6) is 0. The Morgan fingerprint density at radius 3 is 1.79 bits per heavy atom. The van der Waals surface area contributed by atoms with Crippen LogP contribution in [0.15, 0.2) is 274 Å². The topological polar surface area (TPSA) is 8.17 Å². The van der Waals surface area contributed by atoms with Crippen molar-refractivity contribution in [2.24, 2.45) is 0 Å². The maximum atomic E-state index is 4.68. The Kier molecular flexibility index (Phi) is 9.99. The Morgan fingerprint density at radius 1 is 0.400 bits per heavy atom. The quantitative estimate of drug-likeness (QED) is 0.161. The molecule has 0 radical (unpaired) electrons. The summed E-state index contributed by atoms with van der Waals surface area (Å²) in [6, 6.07) is 89.4. The molecule has 1 unspecified atom stereocenters. The number of hydrogen-bond donors (Lipinski definition) is 0. The molecular weight excluding hydrogens is 845 g/mol. The van der Waals surface area contributed by atoms with Crippen molar-refractivity contribution in [1.29, 1.82) is 0 Å². The van der Waals surface area contributed by atoms with Crippen LogP contribution in [0.4, 0.5) is 17.1 Å². The first-order chi connectivity index (χ1) is 34.7. The highest BCUT2D eigenvalue weighted by Crippen LogP contribution is 2.59. The Balaban J connectivity index is 1.04. The van der Waals surface area contributed by atoms with Gasteiger partial charge in [-0.1, -0.05) is 219 Å². The van der Waals surface area contributed by atoms with Gasteiger partial charge in [0.05, 0.1) is 22.1 Å². The zero-order valence-corrected chi connectivity index (χ0v) is 38.7. The highest BCUT2D eigenvalue weighted by atomic mass is 15.1. The average Bonchev–Trinajstić information content (AvgIpc) is 3.91. The number of aromatic nitrogens is 1. The van der Waals surface area contributed by atoms with E-state index in [9.17, 15) is 0 Å². The second-order valence-electron chi connectivity index (χ2n) is 18.4. The van der Waals surface area contributed by atoms with Crippen LogP contribution in [0.2, 0.25) is 0 Å². The first-order valence-corrected chi connectivity index (χ1v) is 24.3. The van der Waals surface area contributed by atoms with Gasteiger partial charge in [0, 0.05) is 33.4 Å². The van der Waals surface area contributed by atoms with E-state index in [0.29, 0.717) is 0 Å². The molecule has 0 bridgehead atoms. The summed E-state index contributed by atoms with van der Waals surface area (Å²) >= 11 is 0. The largest absolute Gasteiger partial charge is 0.310 e. The molecule has 0 saturated carbocycles. The average molecular weight is 893 g/mol. The normalized spacial score (nSPS) is 15.7. The van der Waals surface area contributed by atoms with Gasteiger partial charge < -0.3 is 9.47 Å². The molecule has 0 N–H and O–H groups in total. The number of para-hydroxylation sites is 2. The van der Waals surface area contributed by atoms with Crippen molar-refractivity contribution in [3.05, 3.63) is 307 Å². The molecule has 0 amide bonds. The molecule has 13 rings (SSSR count). The van der Waals surface area contributed by atoms with E-state index in [0.717, 1.165) is 51.3 Å². The van der Waals surface area contributed by atoms with E-state index < -0.39 is 5.41 Å². The van der Waals surface area contributed by atoms with Crippen LogP contribution >= 0.6 is 0 Å². The van der Waals surface area contributed by atoms with Gasteiger partial charge in [-0.25, -0.2) is 0 Å². The van der Waals surface area contributed by atoms with E-state index in [1.54, 1.807) is 0 Å². The molecule has 10 aromatic carbocycles. The van der Waals surface area contributed by atoms with Crippen LogP contribution in [0.3, 0.4) is 0 Å². The van der Waals surface area contributed by atoms with Crippen molar-refractivity contribution in [1.82, 2.24) is 4.57 Å². The lowest BCUT2D eigenvalue weighted by Gasteiger charge is -2.37. The van der Waals surface area contributed by atoms with E-state index in [1.165, 1.54) is 72.0 Å². The SMILES string of the molecule is C=C1/C=C\C=C/Cc2ccccc2C2(c3ccccc31)c1ccccc1-c1ccc(-n3c4ccccc4c4cc(N(c5ccc(-c6ccccc6)cc5)c5ccccc5-c5ccccc5)ccc43)cc12. The Morgan fingerprint density at radius 2 is 0.986 bits per heavy atom. The zero-order chi connectivity index (χ0) is 46.6. The highest BCUT2D eigenvalue weighted by Gasteiger charge is 2.48. The summed E-state index contributed by atoms with van der Waals surface area (Å²) in [5.41, 5.74) is 21.9. The van der Waals surface area contributed by atoms with E-state index in [2.05, 4.69) is 283 Å². The monoisotopic (exact) mass is 892 g/mol. The summed E-state index contributed by atoms with van der Waals surface area (Å²) in [6.45, 7) is 4.68. The fourth-order valence-electron chi connectivity index (χ4n) is 11.6. The van der Waals surface area contributed by atoms with Gasteiger partial charge in [-0.3, -0.25) is 0 Å². The number of anilines is 3. The minimum absolute atomic E-state index is 0.626. The molecule has 0 saturated heterocycles. The van der Waals surface area contributed by atoms with Gasteiger partial charge in [0.15, 0.2) is 0 Å². The third-order valence-corrected chi connectivity index (χ3v) is 14.6. The van der Waals surface area contributed by atoms with Crippen molar-refractivity contribution in [2.45, 2.75) is 11.8 Å². The molecule has 2 aliphatic carbocycles. The summed E-state index contributed by atoms with van der Waals surface area (Å²) in [4.78, 5) is 2.42. The summed E-state index contributed by atoms with van der Waals surface area (Å²) in [7, 11) is 0. The molecule has 70 heavy (non-hydrogen) atoms. The maximum Gasteiger partial charge on any atom is 0.0723 e. The van der Waals surface area contributed by atoms with Crippen molar-refractivity contribution in [3.8, 4) is 39.1 Å². The van der Waals surface area contributed by atoms with Gasteiger partial charge in [0.2, 0.25) is 0 Å². The first-order valence-electron chi connectivity index (χ1n) is 24.3. The molecule has 2 nitrogen and oxygen atoms in total. The van der Waals surface area contributed by atoms with Gasteiger partial charge in [-0.2, -0.15) is 0 Å². The number of nitrogens with zero attached hydrogens (tertiary/aromatic N) is 2. The first kappa shape index (κ1) is 41.2. The van der Waals surface area contributed by atoms with E-state index >= 15 is 0 Å². The number of fused-ring (bicyclic) bond motifs is 12. The van der Waals surface area contributed by atoms with Crippen LogP contribution in [0.5, 0.6) is 0 Å². The van der Waals surface area contributed by atoms with Crippen LogP contribution in [-0.2, 0) is 11.8 Å². The predicted molar refractivity (Wildman–Crippen MR) is 295 cm³/mol. The minimum atomic E-state index is -0.626. The van der Waals surface area contributed by atoms with Crippen LogP contribution < -0.4 is 4.90 Å². The zero-order valence-electron chi connectivity index (χ0n) is 38.7. The minimum Gasteiger partial charge on any atom is -0.310 e. The molecule has 1 heterocycles. The summed E-state index contributed by atoms with van der Waals surface area (Å²) < 4.78 is 2.48. The fourth-order valence-corrected chi connectivity index (χ4v) is 11.6. The third kappa shape index (κ3) is 6.56. The molecule has 1 spiro atoms. The van der Waals surface area contributed by atoms with Crippen molar-refractivity contribution >= 4 is 44.4 Å². The number of rotatable bonds is 6. The third-order valence-electron chi connectivity index (χ3n) is 14.6. The van der Waals surface area contributed by atoms with Crippen LogP contribution in [0.25, 0.3) is 66.4 Å². The summed E-state index contributed by atoms with van der Waals surface area (Å²) in [6.07, 6.45) is 9.54. The second-order valence-corrected chi connectivity index (χ2v) is 18.4. The van der Waals surface area contributed by atoms with Crippen LogP contribution in [-0.4, -0.2) is 4.57 Å². The lowest BCUT2D eigenvalue weighted by Crippen LogP contribution is -2.31. The standard InChI is InChI=1S/C68H48N2/c1-47-21-5-2-10-26-51-27-11-16-32-61(51)68(62-33-17-12-28-55(47)62)63-34-18-13-30-57(63)58-43-41-54(46-64(58)68)70-66-36-20-15-31-59(66)60-45-53(42-44-67(60)70)69(52-39-37-49(38-40-52)48-22-6-3-7-23-48)65-35-19-14-29-56(65)50-24-8-4-9-25-50/h2-25,27-46H,1,26H2/b10-2-,21-5-. The van der Waals surface area contributed by atoms with Crippen LogP contribution in [0, 0.1) is 0 Å². The maximum absolute atomic E-state index is 4.68. The van der Waals surface area contributed by atoms with E-state index in [-0.39, 0.29) is 0 Å². The fraction of sp³-hybridized carbons (Fsp3) is 0.0294. The van der Waals surface area contributed by atoms with Gasteiger partial charge in [-0.05, 0) is 128 Å². The Labute approximate surface area is 409 Å². The molecule has 11 aromatic rings. The lowest BCUT2D eigenvalue weighted by molar-refractivity contribution is 0.754. The van der Waals surface area contributed by atoms with Gasteiger partial charge in [-0.15, -0.1) is 0 Å². The second kappa shape index (κ2) is 17.0. The molecule has 0 fully saturated rings. The molecule has 1 atom stereocenters. The number of allylic oxidation sites excluding steroid dienone is 5. The molecule has 0 aliphatic heterocycles. The van der Waals surface area contributed by atoms with E-state index in [1.807, 2.05) is 0 Å². The van der Waals surface area contributed by atoms with Crippen molar-refractivity contribution < 1.29 is 0 Å². The van der Waals surface area contributed by atoms with Gasteiger partial charge in [0.25, 0.3) is 0 Å². The molecule has 1 aromatic heterocycles. The highest BCUT2D eigenvalue weighted by molar-refractivity contribution is 6.11. The predicted octanol–water partition coefficient (Wildman–Crippen LogP) is 17.6. The Bertz CT molecular complexity index is 3870. The van der Waals surface area contributed by atoms with Crippen LogP contribution in [0.1, 0.15) is 33.4 Å². The Hall–Kier alpha value is -8.98. The van der Waals surface area contributed by atoms with Crippen molar-refractivity contribution in [2.75, 3.05) is 4.90 Å². The molecule has 2 aliphatic rings. The molecular formula is C68H48N2. The lowest BCUT2D eigenvalue weighted by atomic mass is 9.64. The molecule has 330 valence electrons. The van der Waals surface area contributed by atoms with Crippen molar-refractivity contribution in [3.63, 3.8) is 0 Å². The van der Waals surface area contributed by atoms with Gasteiger partial charge >= 0.3 is 0 Å². The summed E-state index contributed by atoms with van der Waals surface area (Å²) in [5, 5.41) is 2.39. The van der Waals surface area contributed by atoms with Gasteiger partial charge in [0.1, 0.15) is 0 Å². The van der Waals surface area contributed by atoms with E-state index in [4.69, 9.17) is 0 Å². The number of hydrogen-bond acceptors (Lipinski definition) is 1. The number of benzene rings is 10. The molecule has 2 heteroatoms. The smallest absolute Gasteiger partial charge is 0.0723 e.